The molecule has 1 amide bonds. The van der Waals surface area contributed by atoms with Crippen molar-refractivity contribution in [1.82, 2.24) is 10.3 Å². The quantitative estimate of drug-likeness (QED) is 0.290. The van der Waals surface area contributed by atoms with E-state index in [1.165, 1.54) is 14.2 Å². The molecule has 0 unspecified atom stereocenters. The van der Waals surface area contributed by atoms with Crippen LogP contribution in [0.5, 0.6) is 11.5 Å². The number of aryl methyl sites for hydroxylation is 1. The molecule has 8 nitrogen and oxygen atoms in total. The molecule has 10 heteroatoms. The minimum Gasteiger partial charge on any atom is -0.496 e. The van der Waals surface area contributed by atoms with E-state index in [2.05, 4.69) is 5.32 Å². The van der Waals surface area contributed by atoms with Crippen LogP contribution >= 0.6 is 0 Å². The van der Waals surface area contributed by atoms with Crippen molar-refractivity contribution in [1.29, 1.82) is 0 Å². The standard InChI is InChI=1S/C29H26F2N2O6/c1-15-7-9-18-17(13-22(29(36)37)33-28(35)26-20(30)5-4-6-21(26)31)8-10-19(27(18)32-15)25-23(38-2)11-16(14-34)12-24(25)39-3/h4-12,22,34H,13-14H2,1-3H3,(H,33,35)(H,36,37)/t22-/m0/s1. The molecule has 0 bridgehead atoms. The maximum absolute atomic E-state index is 14.1. The Labute approximate surface area is 222 Å². The van der Waals surface area contributed by atoms with Gasteiger partial charge in [0.15, 0.2) is 0 Å². The Morgan fingerprint density at radius 2 is 1.64 bits per heavy atom. The van der Waals surface area contributed by atoms with Gasteiger partial charge < -0.3 is 25.0 Å². The zero-order valence-electron chi connectivity index (χ0n) is 21.4. The third kappa shape index (κ3) is 5.51. The highest BCUT2D eigenvalue weighted by Gasteiger charge is 2.26. The molecule has 1 atom stereocenters. The number of nitrogens with one attached hydrogen (secondary N) is 1. The minimum atomic E-state index is -1.49. The summed E-state index contributed by atoms with van der Waals surface area (Å²) in [5, 5.41) is 22.3. The number of pyridine rings is 1. The number of carbonyl (C=O) groups is 2. The Balaban J connectivity index is 1.80. The first-order valence-corrected chi connectivity index (χ1v) is 11.9. The number of hydrogen-bond donors (Lipinski definition) is 3. The smallest absolute Gasteiger partial charge is 0.326 e. The molecule has 0 spiro atoms. The van der Waals surface area contributed by atoms with Gasteiger partial charge in [-0.15, -0.1) is 0 Å². The molecule has 1 aromatic heterocycles. The van der Waals surface area contributed by atoms with Crippen molar-refractivity contribution in [2.24, 2.45) is 0 Å². The van der Waals surface area contributed by atoms with Gasteiger partial charge in [0.25, 0.3) is 5.91 Å². The Bertz CT molecular complexity index is 1530. The van der Waals surface area contributed by atoms with E-state index in [0.29, 0.717) is 50.3 Å². The first-order valence-electron chi connectivity index (χ1n) is 11.9. The summed E-state index contributed by atoms with van der Waals surface area (Å²) in [4.78, 5) is 29.4. The lowest BCUT2D eigenvalue weighted by Crippen LogP contribution is -2.43. The summed E-state index contributed by atoms with van der Waals surface area (Å²) in [5.41, 5.74) is 2.72. The van der Waals surface area contributed by atoms with E-state index in [1.807, 2.05) is 6.92 Å². The Kier molecular flexibility index (Phi) is 8.06. The number of ether oxygens (including phenoxy) is 2. The highest BCUT2D eigenvalue weighted by Crippen LogP contribution is 2.43. The molecule has 0 aliphatic heterocycles. The second-order valence-corrected chi connectivity index (χ2v) is 8.82. The molecule has 0 aliphatic carbocycles. The van der Waals surface area contributed by atoms with Crippen LogP contribution in [0.4, 0.5) is 8.78 Å². The van der Waals surface area contributed by atoms with Crippen LogP contribution in [0.2, 0.25) is 0 Å². The van der Waals surface area contributed by atoms with Crippen LogP contribution in [-0.2, 0) is 17.8 Å². The van der Waals surface area contributed by atoms with E-state index in [0.717, 1.165) is 18.2 Å². The fourth-order valence-electron chi connectivity index (χ4n) is 4.44. The molecule has 3 N–H and O–H groups in total. The topological polar surface area (TPSA) is 118 Å². The first kappa shape index (κ1) is 27.5. The van der Waals surface area contributed by atoms with Crippen LogP contribution < -0.4 is 14.8 Å². The lowest BCUT2D eigenvalue weighted by molar-refractivity contribution is -0.139. The van der Waals surface area contributed by atoms with Crippen LogP contribution in [0.15, 0.2) is 54.6 Å². The predicted octanol–water partition coefficient (Wildman–Crippen LogP) is 4.42. The largest absolute Gasteiger partial charge is 0.496 e. The van der Waals surface area contributed by atoms with Gasteiger partial charge in [0.05, 0.1) is 31.9 Å². The van der Waals surface area contributed by atoms with E-state index < -0.39 is 35.1 Å². The lowest BCUT2D eigenvalue weighted by Gasteiger charge is -2.19. The number of carbonyl (C=O) groups excluding carboxylic acids is 1. The van der Waals surface area contributed by atoms with Crippen molar-refractivity contribution in [3.63, 3.8) is 0 Å². The molecule has 0 aliphatic rings. The summed E-state index contributed by atoms with van der Waals surface area (Å²) in [6.07, 6.45) is -0.184. The molecule has 39 heavy (non-hydrogen) atoms. The third-order valence-corrected chi connectivity index (χ3v) is 6.32. The number of aliphatic carboxylic acids is 1. The molecular weight excluding hydrogens is 510 g/mol. The Morgan fingerprint density at radius 1 is 1.00 bits per heavy atom. The van der Waals surface area contributed by atoms with Crippen LogP contribution in [0.25, 0.3) is 22.0 Å². The van der Waals surface area contributed by atoms with Gasteiger partial charge in [-0.1, -0.05) is 24.3 Å². The van der Waals surface area contributed by atoms with Crippen molar-refractivity contribution in [3.05, 3.63) is 88.6 Å². The molecule has 0 saturated heterocycles. The number of halogens is 2. The number of carboxylic acid groups (broad SMARTS) is 1. The number of hydrogen-bond acceptors (Lipinski definition) is 6. The van der Waals surface area contributed by atoms with Gasteiger partial charge in [-0.05, 0) is 48.4 Å². The number of aliphatic hydroxyl groups excluding tert-OH is 1. The van der Waals surface area contributed by atoms with Crippen LogP contribution in [0.1, 0.15) is 27.2 Å². The van der Waals surface area contributed by atoms with Crippen LogP contribution in [-0.4, -0.2) is 47.3 Å². The molecule has 0 radical (unpaired) electrons. The van der Waals surface area contributed by atoms with Crippen molar-refractivity contribution in [2.45, 2.75) is 26.0 Å². The first-order chi connectivity index (χ1) is 18.7. The molecule has 4 rings (SSSR count). The summed E-state index contributed by atoms with van der Waals surface area (Å²) in [7, 11) is 2.99. The monoisotopic (exact) mass is 536 g/mol. The zero-order valence-corrected chi connectivity index (χ0v) is 21.4. The van der Waals surface area contributed by atoms with Crippen LogP contribution in [0.3, 0.4) is 0 Å². The van der Waals surface area contributed by atoms with Crippen molar-refractivity contribution >= 4 is 22.8 Å². The molecule has 0 fully saturated rings. The van der Waals surface area contributed by atoms with Gasteiger partial charge in [-0.3, -0.25) is 9.78 Å². The number of aromatic nitrogens is 1. The number of rotatable bonds is 9. The van der Waals surface area contributed by atoms with Crippen molar-refractivity contribution in [3.8, 4) is 22.6 Å². The predicted molar refractivity (Wildman–Crippen MR) is 140 cm³/mol. The number of carboxylic acids is 1. The number of benzene rings is 3. The van der Waals surface area contributed by atoms with Gasteiger partial charge in [0, 0.05) is 23.1 Å². The van der Waals surface area contributed by atoms with E-state index in [4.69, 9.17) is 14.5 Å². The van der Waals surface area contributed by atoms with Gasteiger partial charge in [-0.25, -0.2) is 13.6 Å². The maximum Gasteiger partial charge on any atom is 0.326 e. The normalized spacial score (nSPS) is 11.7. The van der Waals surface area contributed by atoms with E-state index in [1.54, 1.807) is 36.4 Å². The molecule has 0 saturated carbocycles. The zero-order chi connectivity index (χ0) is 28.3. The number of methoxy groups -OCH3 is 2. The third-order valence-electron chi connectivity index (χ3n) is 6.32. The van der Waals surface area contributed by atoms with Crippen molar-refractivity contribution in [2.75, 3.05) is 14.2 Å². The molecular formula is C29H26F2N2O6. The summed E-state index contributed by atoms with van der Waals surface area (Å²) < 4.78 is 39.4. The average molecular weight is 537 g/mol. The fraction of sp³-hybridized carbons (Fsp3) is 0.207. The fourth-order valence-corrected chi connectivity index (χ4v) is 4.44. The molecule has 1 heterocycles. The Morgan fingerprint density at radius 3 is 2.21 bits per heavy atom. The number of aliphatic hydroxyl groups is 1. The number of nitrogens with zero attached hydrogens (tertiary/aromatic N) is 1. The van der Waals surface area contributed by atoms with Gasteiger partial charge in [-0.2, -0.15) is 0 Å². The highest BCUT2D eigenvalue weighted by atomic mass is 19.1. The summed E-state index contributed by atoms with van der Waals surface area (Å²) in [5.74, 6) is -3.86. The summed E-state index contributed by atoms with van der Waals surface area (Å²) in [6, 6.07) is 11.8. The van der Waals surface area contributed by atoms with Crippen molar-refractivity contribution < 1.29 is 38.1 Å². The lowest BCUT2D eigenvalue weighted by atomic mass is 9.93. The highest BCUT2D eigenvalue weighted by molar-refractivity contribution is 6.00. The molecule has 202 valence electrons. The van der Waals surface area contributed by atoms with E-state index >= 15 is 0 Å². The van der Waals surface area contributed by atoms with Crippen LogP contribution in [0, 0.1) is 18.6 Å². The number of fused-ring (bicyclic) bond motifs is 1. The van der Waals surface area contributed by atoms with Gasteiger partial charge >= 0.3 is 5.97 Å². The molecule has 4 aromatic rings. The average Bonchev–Trinajstić information content (AvgIpc) is 2.91. The second-order valence-electron chi connectivity index (χ2n) is 8.82. The van der Waals surface area contributed by atoms with Gasteiger partial charge in [0.1, 0.15) is 34.7 Å². The summed E-state index contributed by atoms with van der Waals surface area (Å²) in [6.45, 7) is 1.59. The SMILES string of the molecule is COc1cc(CO)cc(OC)c1-c1ccc(C[C@H](NC(=O)c2c(F)cccc2F)C(=O)O)c2ccc(C)nc12. The minimum absolute atomic E-state index is 0.184. The maximum atomic E-state index is 14.1. The van der Waals surface area contributed by atoms with Gasteiger partial charge in [0.2, 0.25) is 0 Å². The van der Waals surface area contributed by atoms with E-state index in [-0.39, 0.29) is 13.0 Å². The van der Waals surface area contributed by atoms with E-state index in [9.17, 15) is 28.6 Å². The second kappa shape index (κ2) is 11.4. The number of amides is 1. The summed E-state index contributed by atoms with van der Waals surface area (Å²) >= 11 is 0. The molecule has 3 aromatic carbocycles. The Hall–Kier alpha value is -4.57.